The summed E-state index contributed by atoms with van der Waals surface area (Å²) in [7, 11) is 1.78. The molecule has 0 aliphatic rings. The molecule has 140 valence electrons. The molecule has 3 aromatic rings. The molecule has 0 aliphatic carbocycles. The maximum Gasteiger partial charge on any atom is 0.191 e. The highest BCUT2D eigenvalue weighted by Crippen LogP contribution is 2.09. The molecule has 1 aromatic heterocycles. The maximum absolute atomic E-state index is 5.92. The van der Waals surface area contributed by atoms with E-state index in [0.29, 0.717) is 6.54 Å². The van der Waals surface area contributed by atoms with Gasteiger partial charge in [-0.1, -0.05) is 48.0 Å². The zero-order valence-corrected chi connectivity index (χ0v) is 16.2. The molecule has 0 saturated heterocycles. The molecule has 0 fully saturated rings. The molecule has 1 heterocycles. The first-order valence-corrected chi connectivity index (χ1v) is 9.35. The molecule has 27 heavy (non-hydrogen) atoms. The summed E-state index contributed by atoms with van der Waals surface area (Å²) in [6.45, 7) is 2.29. The number of aromatic nitrogens is 2. The van der Waals surface area contributed by atoms with E-state index in [2.05, 4.69) is 45.0 Å². The third-order valence-corrected chi connectivity index (χ3v) is 4.45. The van der Waals surface area contributed by atoms with Crippen molar-refractivity contribution in [2.75, 3.05) is 13.6 Å². The van der Waals surface area contributed by atoms with Crippen LogP contribution in [0, 0.1) is 0 Å². The van der Waals surface area contributed by atoms with Crippen molar-refractivity contribution >= 4 is 17.6 Å². The lowest BCUT2D eigenvalue weighted by atomic mass is 10.1. The number of aliphatic imine (C=N–C) groups is 1. The Morgan fingerprint density at radius 1 is 1.04 bits per heavy atom. The molecule has 0 atom stereocenters. The SMILES string of the molecule is CN=C(NCCc1ccc(Cl)cc1)NCc1cccc(Cn2cccn2)c1. The van der Waals surface area contributed by atoms with Gasteiger partial charge >= 0.3 is 0 Å². The molecular weight excluding hydrogens is 358 g/mol. The average Bonchev–Trinajstić information content (AvgIpc) is 3.19. The predicted octanol–water partition coefficient (Wildman–Crippen LogP) is 3.49. The third kappa shape index (κ3) is 6.15. The fraction of sp³-hybridized carbons (Fsp3) is 0.238. The summed E-state index contributed by atoms with van der Waals surface area (Å²) in [5, 5.41) is 11.7. The summed E-state index contributed by atoms with van der Waals surface area (Å²) < 4.78 is 1.92. The minimum atomic E-state index is 0.716. The molecule has 3 rings (SSSR count). The minimum absolute atomic E-state index is 0.716. The van der Waals surface area contributed by atoms with Gasteiger partial charge in [-0.15, -0.1) is 0 Å². The summed E-state index contributed by atoms with van der Waals surface area (Å²) in [5.41, 5.74) is 3.68. The zero-order chi connectivity index (χ0) is 18.9. The molecule has 0 aliphatic heterocycles. The highest BCUT2D eigenvalue weighted by molar-refractivity contribution is 6.30. The molecule has 0 radical (unpaired) electrons. The van der Waals surface area contributed by atoms with Gasteiger partial charge in [0, 0.05) is 37.6 Å². The lowest BCUT2D eigenvalue weighted by Crippen LogP contribution is -2.37. The number of hydrogen-bond acceptors (Lipinski definition) is 2. The van der Waals surface area contributed by atoms with Crippen LogP contribution in [0.1, 0.15) is 16.7 Å². The van der Waals surface area contributed by atoms with Crippen molar-refractivity contribution < 1.29 is 0 Å². The number of rotatable bonds is 7. The summed E-state index contributed by atoms with van der Waals surface area (Å²) in [6, 6.07) is 18.4. The number of hydrogen-bond donors (Lipinski definition) is 2. The Morgan fingerprint density at radius 3 is 2.59 bits per heavy atom. The quantitative estimate of drug-likeness (QED) is 0.486. The second-order valence-electron chi connectivity index (χ2n) is 6.25. The highest BCUT2D eigenvalue weighted by atomic mass is 35.5. The van der Waals surface area contributed by atoms with E-state index in [1.54, 1.807) is 13.2 Å². The smallest absolute Gasteiger partial charge is 0.191 e. The van der Waals surface area contributed by atoms with E-state index in [-0.39, 0.29) is 0 Å². The molecule has 2 aromatic carbocycles. The van der Waals surface area contributed by atoms with Gasteiger partial charge in [-0.2, -0.15) is 5.10 Å². The van der Waals surface area contributed by atoms with Crippen LogP contribution in [0.2, 0.25) is 5.02 Å². The fourth-order valence-corrected chi connectivity index (χ4v) is 2.93. The number of nitrogens with zero attached hydrogens (tertiary/aromatic N) is 3. The van der Waals surface area contributed by atoms with Crippen LogP contribution in [0.5, 0.6) is 0 Å². The van der Waals surface area contributed by atoms with Crippen LogP contribution in [0.25, 0.3) is 0 Å². The Balaban J connectivity index is 1.46. The van der Waals surface area contributed by atoms with Gasteiger partial charge in [0.2, 0.25) is 0 Å². The van der Waals surface area contributed by atoms with Crippen molar-refractivity contribution in [1.29, 1.82) is 0 Å². The van der Waals surface area contributed by atoms with Crippen LogP contribution < -0.4 is 10.6 Å². The Bertz CT molecular complexity index is 857. The summed E-state index contributed by atoms with van der Waals surface area (Å²) in [4.78, 5) is 4.29. The largest absolute Gasteiger partial charge is 0.356 e. The summed E-state index contributed by atoms with van der Waals surface area (Å²) in [6.07, 6.45) is 4.68. The van der Waals surface area contributed by atoms with E-state index in [9.17, 15) is 0 Å². The van der Waals surface area contributed by atoms with Crippen molar-refractivity contribution in [3.63, 3.8) is 0 Å². The molecule has 0 amide bonds. The molecule has 6 heteroatoms. The van der Waals surface area contributed by atoms with Crippen LogP contribution in [-0.2, 0) is 19.5 Å². The second kappa shape index (κ2) is 9.78. The zero-order valence-electron chi connectivity index (χ0n) is 15.4. The standard InChI is InChI=1S/C21H24ClN5/c1-23-21(24-12-10-17-6-8-20(22)9-7-17)25-15-18-4-2-5-19(14-18)16-27-13-3-11-26-27/h2-9,11,13-14H,10,12,15-16H2,1H3,(H2,23,24,25). The van der Waals surface area contributed by atoms with Crippen LogP contribution >= 0.6 is 11.6 Å². The number of guanidine groups is 1. The van der Waals surface area contributed by atoms with E-state index >= 15 is 0 Å². The van der Waals surface area contributed by atoms with E-state index in [0.717, 1.165) is 30.5 Å². The summed E-state index contributed by atoms with van der Waals surface area (Å²) >= 11 is 5.92. The van der Waals surface area contributed by atoms with Gasteiger partial charge in [-0.05, 0) is 41.3 Å². The maximum atomic E-state index is 5.92. The molecule has 0 saturated carbocycles. The normalized spacial score (nSPS) is 11.4. The van der Waals surface area contributed by atoms with Crippen molar-refractivity contribution in [2.24, 2.45) is 4.99 Å². The van der Waals surface area contributed by atoms with Gasteiger partial charge in [-0.3, -0.25) is 9.67 Å². The van der Waals surface area contributed by atoms with Crippen LogP contribution in [0.4, 0.5) is 0 Å². The minimum Gasteiger partial charge on any atom is -0.356 e. The first-order valence-electron chi connectivity index (χ1n) is 8.97. The van der Waals surface area contributed by atoms with Gasteiger partial charge in [0.15, 0.2) is 5.96 Å². The Labute approximate surface area is 165 Å². The van der Waals surface area contributed by atoms with Crippen molar-refractivity contribution in [3.8, 4) is 0 Å². The number of halogens is 1. The van der Waals surface area contributed by atoms with Crippen LogP contribution in [0.3, 0.4) is 0 Å². The molecular formula is C21H24ClN5. The lowest BCUT2D eigenvalue weighted by molar-refractivity contribution is 0.685. The molecule has 0 spiro atoms. The monoisotopic (exact) mass is 381 g/mol. The Hall–Kier alpha value is -2.79. The average molecular weight is 382 g/mol. The molecule has 0 bridgehead atoms. The first kappa shape index (κ1) is 19.0. The van der Waals surface area contributed by atoms with E-state index in [4.69, 9.17) is 11.6 Å². The van der Waals surface area contributed by atoms with Gasteiger partial charge in [0.25, 0.3) is 0 Å². The van der Waals surface area contributed by atoms with E-state index in [1.165, 1.54) is 16.7 Å². The molecule has 2 N–H and O–H groups in total. The van der Waals surface area contributed by atoms with Crippen LogP contribution in [-0.4, -0.2) is 29.3 Å². The Kier molecular flexibility index (Phi) is 6.88. The van der Waals surface area contributed by atoms with Crippen molar-refractivity contribution in [3.05, 3.63) is 88.7 Å². The van der Waals surface area contributed by atoms with Gasteiger partial charge in [0.1, 0.15) is 0 Å². The second-order valence-corrected chi connectivity index (χ2v) is 6.69. The predicted molar refractivity (Wildman–Crippen MR) is 111 cm³/mol. The number of nitrogens with one attached hydrogen (secondary N) is 2. The topological polar surface area (TPSA) is 54.2 Å². The summed E-state index contributed by atoms with van der Waals surface area (Å²) in [5.74, 6) is 0.793. The van der Waals surface area contributed by atoms with Gasteiger partial charge < -0.3 is 10.6 Å². The van der Waals surface area contributed by atoms with Crippen LogP contribution in [0.15, 0.2) is 72.0 Å². The van der Waals surface area contributed by atoms with Crippen molar-refractivity contribution in [1.82, 2.24) is 20.4 Å². The van der Waals surface area contributed by atoms with Crippen molar-refractivity contribution in [2.45, 2.75) is 19.5 Å². The lowest BCUT2D eigenvalue weighted by Gasteiger charge is -2.13. The third-order valence-electron chi connectivity index (χ3n) is 4.20. The Morgan fingerprint density at radius 2 is 1.85 bits per heavy atom. The fourth-order valence-electron chi connectivity index (χ4n) is 2.80. The first-order chi connectivity index (χ1) is 13.2. The number of benzene rings is 2. The van der Waals surface area contributed by atoms with E-state index < -0.39 is 0 Å². The van der Waals surface area contributed by atoms with E-state index in [1.807, 2.05) is 41.2 Å². The molecule has 0 unspecified atom stereocenters. The highest BCUT2D eigenvalue weighted by Gasteiger charge is 2.01. The molecule has 5 nitrogen and oxygen atoms in total. The van der Waals surface area contributed by atoms with Gasteiger partial charge in [-0.25, -0.2) is 0 Å². The van der Waals surface area contributed by atoms with Gasteiger partial charge in [0.05, 0.1) is 6.54 Å².